The first kappa shape index (κ1) is 14.9. The first-order chi connectivity index (χ1) is 8.10. The van der Waals surface area contributed by atoms with Gasteiger partial charge < -0.3 is 15.0 Å². The molecular weight excluding hydrogens is 214 g/mol. The minimum Gasteiger partial charge on any atom is -0.385 e. The second kappa shape index (κ2) is 7.31. The lowest BCUT2D eigenvalue weighted by Gasteiger charge is -2.43. The maximum atomic E-state index is 5.19. The molecule has 0 bridgehead atoms. The molecule has 0 aromatic heterocycles. The monoisotopic (exact) mass is 243 g/mol. The average Bonchev–Trinajstić information content (AvgIpc) is 2.32. The molecule has 0 amide bonds. The van der Waals surface area contributed by atoms with Crippen molar-refractivity contribution >= 4 is 0 Å². The zero-order chi connectivity index (χ0) is 12.8. The number of methoxy groups -OCH3 is 1. The van der Waals surface area contributed by atoms with Crippen molar-refractivity contribution in [3.05, 3.63) is 0 Å². The van der Waals surface area contributed by atoms with E-state index in [1.165, 1.54) is 6.54 Å². The van der Waals surface area contributed by atoms with Gasteiger partial charge in [-0.2, -0.15) is 0 Å². The summed E-state index contributed by atoms with van der Waals surface area (Å²) in [6.07, 6.45) is 1.12. The molecule has 1 heterocycles. The Labute approximate surface area is 106 Å². The number of hydrogen-bond acceptors (Lipinski definition) is 4. The lowest BCUT2D eigenvalue weighted by atomic mass is 9.90. The van der Waals surface area contributed by atoms with Crippen LogP contribution in [0, 0.1) is 5.92 Å². The third kappa shape index (κ3) is 4.21. The minimum atomic E-state index is 0.540. The number of piperazine rings is 1. The molecule has 3 unspecified atom stereocenters. The first-order valence-corrected chi connectivity index (χ1v) is 6.65. The van der Waals surface area contributed by atoms with E-state index in [1.807, 2.05) is 0 Å². The maximum absolute atomic E-state index is 5.19. The predicted molar refractivity (Wildman–Crippen MR) is 72.4 cm³/mol. The normalized spacial score (nSPS) is 27.0. The summed E-state index contributed by atoms with van der Waals surface area (Å²) >= 11 is 0. The second-order valence-corrected chi connectivity index (χ2v) is 5.38. The van der Waals surface area contributed by atoms with Gasteiger partial charge in [-0.1, -0.05) is 6.92 Å². The summed E-state index contributed by atoms with van der Waals surface area (Å²) in [6, 6.07) is 1.14. The van der Waals surface area contributed by atoms with Crippen molar-refractivity contribution in [3.63, 3.8) is 0 Å². The Balaban J connectivity index is 2.57. The molecule has 102 valence electrons. The van der Waals surface area contributed by atoms with Crippen LogP contribution in [0.25, 0.3) is 0 Å². The molecule has 1 rings (SSSR count). The molecule has 3 atom stereocenters. The van der Waals surface area contributed by atoms with E-state index < -0.39 is 0 Å². The molecule has 0 spiro atoms. The van der Waals surface area contributed by atoms with Crippen LogP contribution in [0.4, 0.5) is 0 Å². The summed E-state index contributed by atoms with van der Waals surface area (Å²) in [5.41, 5.74) is 0. The Morgan fingerprint density at radius 2 is 2.06 bits per heavy atom. The molecule has 17 heavy (non-hydrogen) atoms. The van der Waals surface area contributed by atoms with E-state index in [2.05, 4.69) is 43.2 Å². The zero-order valence-electron chi connectivity index (χ0n) is 12.1. The molecule has 4 nitrogen and oxygen atoms in total. The quantitative estimate of drug-likeness (QED) is 0.735. The third-order valence-electron chi connectivity index (χ3n) is 4.04. The fraction of sp³-hybridized carbons (Fsp3) is 1.00. The standard InChI is InChI=1S/C13H29N3O/c1-11(6-9-17-5)13(14-2)12-10-15(3)7-8-16(12)4/h11-14H,6-10H2,1-5H3. The van der Waals surface area contributed by atoms with Gasteiger partial charge in [-0.3, -0.25) is 4.90 Å². The summed E-state index contributed by atoms with van der Waals surface area (Å²) in [7, 11) is 8.32. The molecule has 0 aliphatic carbocycles. The van der Waals surface area contributed by atoms with Crippen molar-refractivity contribution in [3.8, 4) is 0 Å². The van der Waals surface area contributed by atoms with E-state index in [0.717, 1.165) is 26.1 Å². The van der Waals surface area contributed by atoms with Gasteiger partial charge in [-0.05, 0) is 33.5 Å². The minimum absolute atomic E-state index is 0.540. The van der Waals surface area contributed by atoms with Crippen molar-refractivity contribution in [1.29, 1.82) is 0 Å². The maximum Gasteiger partial charge on any atom is 0.0465 e. The molecule has 0 aromatic rings. The van der Waals surface area contributed by atoms with Crippen molar-refractivity contribution in [1.82, 2.24) is 15.1 Å². The van der Waals surface area contributed by atoms with Crippen molar-refractivity contribution in [2.75, 3.05) is 54.5 Å². The Kier molecular flexibility index (Phi) is 6.41. The lowest BCUT2D eigenvalue weighted by Crippen LogP contribution is -2.60. The molecule has 1 aliphatic heterocycles. The highest BCUT2D eigenvalue weighted by molar-refractivity contribution is 4.90. The number of ether oxygens (including phenoxy) is 1. The number of likely N-dealkylation sites (N-methyl/N-ethyl adjacent to an activating group) is 3. The van der Waals surface area contributed by atoms with Crippen LogP contribution in [-0.4, -0.2) is 76.4 Å². The van der Waals surface area contributed by atoms with Crippen molar-refractivity contribution in [2.45, 2.75) is 25.4 Å². The highest BCUT2D eigenvalue weighted by Gasteiger charge is 2.31. The summed E-state index contributed by atoms with van der Waals surface area (Å²) in [6.45, 7) is 6.67. The fourth-order valence-electron chi connectivity index (χ4n) is 2.77. The predicted octanol–water partition coefficient (Wildman–Crippen LogP) is 0.493. The lowest BCUT2D eigenvalue weighted by molar-refractivity contribution is 0.0673. The van der Waals surface area contributed by atoms with E-state index in [4.69, 9.17) is 4.74 Å². The van der Waals surface area contributed by atoms with Gasteiger partial charge >= 0.3 is 0 Å². The molecule has 1 aliphatic rings. The van der Waals surface area contributed by atoms with Gasteiger partial charge in [0.2, 0.25) is 0 Å². The highest BCUT2D eigenvalue weighted by atomic mass is 16.5. The number of hydrogen-bond donors (Lipinski definition) is 1. The van der Waals surface area contributed by atoms with Crippen LogP contribution >= 0.6 is 0 Å². The van der Waals surface area contributed by atoms with Gasteiger partial charge in [0, 0.05) is 45.4 Å². The molecule has 0 saturated carbocycles. The van der Waals surface area contributed by atoms with Gasteiger partial charge in [0.25, 0.3) is 0 Å². The van der Waals surface area contributed by atoms with Gasteiger partial charge in [-0.15, -0.1) is 0 Å². The Bertz CT molecular complexity index is 213. The summed E-state index contributed by atoms with van der Waals surface area (Å²) in [4.78, 5) is 4.92. The van der Waals surface area contributed by atoms with Gasteiger partial charge in [0.15, 0.2) is 0 Å². The Morgan fingerprint density at radius 3 is 2.65 bits per heavy atom. The van der Waals surface area contributed by atoms with Crippen LogP contribution in [0.2, 0.25) is 0 Å². The number of nitrogens with one attached hydrogen (secondary N) is 1. The van der Waals surface area contributed by atoms with E-state index in [9.17, 15) is 0 Å². The zero-order valence-corrected chi connectivity index (χ0v) is 12.1. The summed E-state index contributed by atoms with van der Waals surface area (Å²) in [5.74, 6) is 0.638. The fourth-order valence-corrected chi connectivity index (χ4v) is 2.77. The topological polar surface area (TPSA) is 27.7 Å². The molecule has 4 heteroatoms. The molecular formula is C13H29N3O. The molecule has 0 radical (unpaired) electrons. The van der Waals surface area contributed by atoms with Crippen molar-refractivity contribution < 1.29 is 4.74 Å². The molecule has 1 saturated heterocycles. The highest BCUT2D eigenvalue weighted by Crippen LogP contribution is 2.18. The van der Waals surface area contributed by atoms with Crippen LogP contribution in [0.5, 0.6) is 0 Å². The van der Waals surface area contributed by atoms with Gasteiger partial charge in [0.05, 0.1) is 0 Å². The summed E-state index contributed by atoms with van der Waals surface area (Å²) in [5, 5.41) is 3.51. The first-order valence-electron chi connectivity index (χ1n) is 6.65. The van der Waals surface area contributed by atoms with Crippen LogP contribution in [-0.2, 0) is 4.74 Å². The van der Waals surface area contributed by atoms with Gasteiger partial charge in [0.1, 0.15) is 0 Å². The van der Waals surface area contributed by atoms with Crippen LogP contribution in [0.15, 0.2) is 0 Å². The van der Waals surface area contributed by atoms with Crippen LogP contribution < -0.4 is 5.32 Å². The Morgan fingerprint density at radius 1 is 1.35 bits per heavy atom. The molecule has 0 aromatic carbocycles. The largest absolute Gasteiger partial charge is 0.385 e. The second-order valence-electron chi connectivity index (χ2n) is 5.38. The van der Waals surface area contributed by atoms with Crippen molar-refractivity contribution in [2.24, 2.45) is 5.92 Å². The van der Waals surface area contributed by atoms with E-state index in [1.54, 1.807) is 7.11 Å². The number of rotatable bonds is 6. The van der Waals surface area contributed by atoms with Crippen LogP contribution in [0.3, 0.4) is 0 Å². The molecule has 1 N–H and O–H groups in total. The third-order valence-corrected chi connectivity index (χ3v) is 4.04. The smallest absolute Gasteiger partial charge is 0.0465 e. The summed E-state index contributed by atoms with van der Waals surface area (Å²) < 4.78 is 5.19. The van der Waals surface area contributed by atoms with Crippen LogP contribution in [0.1, 0.15) is 13.3 Å². The van der Waals surface area contributed by atoms with E-state index in [-0.39, 0.29) is 0 Å². The number of nitrogens with zero attached hydrogens (tertiary/aromatic N) is 2. The van der Waals surface area contributed by atoms with E-state index in [0.29, 0.717) is 18.0 Å². The van der Waals surface area contributed by atoms with Gasteiger partial charge in [-0.25, -0.2) is 0 Å². The average molecular weight is 243 g/mol. The Hall–Kier alpha value is -0.160. The molecule has 1 fully saturated rings. The van der Waals surface area contributed by atoms with E-state index >= 15 is 0 Å². The SMILES string of the molecule is CNC(C(C)CCOC)C1CN(C)CCN1C.